The maximum atomic E-state index is 12.2. The molecule has 0 aliphatic heterocycles. The number of carbonyl (C=O) groups is 3. The van der Waals surface area contributed by atoms with E-state index in [1.807, 2.05) is 36.4 Å². The topological polar surface area (TPSA) is 118 Å². The van der Waals surface area contributed by atoms with Crippen LogP contribution in [0.3, 0.4) is 0 Å². The number of carbonyl (C=O) groups excluding carboxylic acids is 2. The van der Waals surface area contributed by atoms with Crippen molar-refractivity contribution in [3.05, 3.63) is 89.2 Å². The summed E-state index contributed by atoms with van der Waals surface area (Å²) in [5.74, 6) is -1.38. The van der Waals surface area contributed by atoms with Crippen LogP contribution in [0.4, 0.5) is 4.79 Å². The van der Waals surface area contributed by atoms with Gasteiger partial charge < -0.3 is 20.5 Å². The fourth-order valence-electron chi connectivity index (χ4n) is 3.91. The van der Waals surface area contributed by atoms with Gasteiger partial charge in [-0.15, -0.1) is 0 Å². The van der Waals surface area contributed by atoms with Crippen LogP contribution in [-0.2, 0) is 16.1 Å². The van der Waals surface area contributed by atoms with E-state index in [1.54, 1.807) is 0 Å². The first-order valence-corrected chi connectivity index (χ1v) is 10.6. The molecule has 1 aromatic heterocycles. The van der Waals surface area contributed by atoms with E-state index < -0.39 is 12.1 Å². The average molecular weight is 445 g/mol. The number of carboxylic acid groups (broad SMARTS) is 1. The Bertz CT molecular complexity index is 1150. The number of nitrogens with one attached hydrogen (secondary N) is 2. The molecule has 0 unspecified atom stereocenters. The van der Waals surface area contributed by atoms with E-state index in [0.717, 1.165) is 22.3 Å². The van der Waals surface area contributed by atoms with Crippen LogP contribution in [-0.4, -0.2) is 41.2 Å². The number of nitrogens with zero attached hydrogens (tertiary/aromatic N) is 1. The largest absolute Gasteiger partial charge is 0.478 e. The standard InChI is InChI=1S/C25H23N3O5/c29-23(28-14-17-13-16(24(30)31)9-11-26-17)10-12-27-25(32)33-15-22-20-7-3-1-5-18(20)19-6-2-4-8-21(19)22/h1-9,11,13,22H,10,12,14-15H2,(H,27,32)(H,28,29)(H,30,31). The molecule has 0 atom stereocenters. The fourth-order valence-corrected chi connectivity index (χ4v) is 3.91. The smallest absolute Gasteiger partial charge is 0.407 e. The van der Waals surface area contributed by atoms with Crippen LogP contribution in [0.25, 0.3) is 11.1 Å². The lowest BCUT2D eigenvalue weighted by Gasteiger charge is -2.14. The van der Waals surface area contributed by atoms with Gasteiger partial charge in [-0.05, 0) is 34.4 Å². The van der Waals surface area contributed by atoms with Crippen LogP contribution in [0.5, 0.6) is 0 Å². The number of amides is 2. The molecular weight excluding hydrogens is 422 g/mol. The van der Waals surface area contributed by atoms with E-state index in [9.17, 15) is 14.4 Å². The molecular formula is C25H23N3O5. The number of hydrogen-bond acceptors (Lipinski definition) is 5. The van der Waals surface area contributed by atoms with Gasteiger partial charge >= 0.3 is 12.1 Å². The Morgan fingerprint density at radius 2 is 1.61 bits per heavy atom. The van der Waals surface area contributed by atoms with Crippen molar-refractivity contribution >= 4 is 18.0 Å². The molecule has 0 spiro atoms. The molecule has 1 aliphatic rings. The normalized spacial score (nSPS) is 11.9. The van der Waals surface area contributed by atoms with Crippen LogP contribution < -0.4 is 10.6 Å². The maximum absolute atomic E-state index is 12.2. The Kier molecular flexibility index (Phi) is 6.64. The highest BCUT2D eigenvalue weighted by atomic mass is 16.5. The van der Waals surface area contributed by atoms with Crippen molar-refractivity contribution < 1.29 is 24.2 Å². The molecule has 0 bridgehead atoms. The minimum absolute atomic E-state index is 0.0273. The molecule has 2 aromatic carbocycles. The number of aromatic carboxylic acids is 1. The van der Waals surface area contributed by atoms with E-state index in [0.29, 0.717) is 5.69 Å². The second-order valence-corrected chi connectivity index (χ2v) is 7.62. The number of carboxylic acids is 1. The van der Waals surface area contributed by atoms with Gasteiger partial charge in [0.2, 0.25) is 5.91 Å². The van der Waals surface area contributed by atoms with E-state index >= 15 is 0 Å². The summed E-state index contributed by atoms with van der Waals surface area (Å²) in [5.41, 5.74) is 5.11. The summed E-state index contributed by atoms with van der Waals surface area (Å²) < 4.78 is 5.44. The zero-order valence-electron chi connectivity index (χ0n) is 17.8. The first-order valence-electron chi connectivity index (χ1n) is 10.6. The van der Waals surface area contributed by atoms with Crippen molar-refractivity contribution in [3.63, 3.8) is 0 Å². The van der Waals surface area contributed by atoms with Gasteiger partial charge in [-0.3, -0.25) is 9.78 Å². The minimum atomic E-state index is -1.06. The second kappa shape index (κ2) is 9.95. The second-order valence-electron chi connectivity index (χ2n) is 7.62. The van der Waals surface area contributed by atoms with E-state index in [-0.39, 0.29) is 43.5 Å². The Balaban J connectivity index is 1.22. The number of ether oxygens (including phenoxy) is 1. The van der Waals surface area contributed by atoms with Crippen LogP contribution in [0.1, 0.15) is 39.5 Å². The first-order chi connectivity index (χ1) is 16.0. The van der Waals surface area contributed by atoms with E-state index in [2.05, 4.69) is 27.8 Å². The molecule has 0 fully saturated rings. The molecule has 1 heterocycles. The highest BCUT2D eigenvalue weighted by molar-refractivity contribution is 5.87. The summed E-state index contributed by atoms with van der Waals surface area (Å²) in [6.45, 7) is 0.424. The highest BCUT2D eigenvalue weighted by Crippen LogP contribution is 2.44. The van der Waals surface area contributed by atoms with E-state index in [1.165, 1.54) is 18.3 Å². The average Bonchev–Trinajstić information content (AvgIpc) is 3.15. The van der Waals surface area contributed by atoms with Gasteiger partial charge in [0.15, 0.2) is 0 Å². The Labute approximate surface area is 190 Å². The molecule has 4 rings (SSSR count). The van der Waals surface area contributed by atoms with Gasteiger partial charge in [0.1, 0.15) is 6.61 Å². The SMILES string of the molecule is O=C(CCNC(=O)OCC1c2ccccc2-c2ccccc21)NCc1cc(C(=O)O)ccn1. The zero-order valence-corrected chi connectivity index (χ0v) is 17.8. The van der Waals surface area contributed by atoms with Gasteiger partial charge in [0.25, 0.3) is 0 Å². The van der Waals surface area contributed by atoms with Crippen LogP contribution in [0.15, 0.2) is 66.9 Å². The monoisotopic (exact) mass is 445 g/mol. The van der Waals surface area contributed by atoms with Crippen LogP contribution in [0, 0.1) is 0 Å². The summed E-state index contributed by atoms with van der Waals surface area (Å²) >= 11 is 0. The molecule has 0 saturated carbocycles. The summed E-state index contributed by atoms with van der Waals surface area (Å²) in [6, 6.07) is 19.0. The van der Waals surface area contributed by atoms with Gasteiger partial charge in [-0.2, -0.15) is 0 Å². The summed E-state index contributed by atoms with van der Waals surface area (Å²) in [7, 11) is 0. The number of aromatic nitrogens is 1. The van der Waals surface area contributed by atoms with Crippen molar-refractivity contribution in [1.82, 2.24) is 15.6 Å². The number of hydrogen-bond donors (Lipinski definition) is 3. The van der Waals surface area contributed by atoms with Crippen molar-refractivity contribution in [3.8, 4) is 11.1 Å². The van der Waals surface area contributed by atoms with Crippen molar-refractivity contribution in [2.24, 2.45) is 0 Å². The summed E-state index contributed by atoms with van der Waals surface area (Å²) in [6.07, 6.45) is 0.854. The van der Waals surface area contributed by atoms with Crippen molar-refractivity contribution in [2.75, 3.05) is 13.2 Å². The molecule has 168 valence electrons. The minimum Gasteiger partial charge on any atom is -0.478 e. The van der Waals surface area contributed by atoms with E-state index in [4.69, 9.17) is 9.84 Å². The molecule has 0 saturated heterocycles. The maximum Gasteiger partial charge on any atom is 0.407 e. The fraction of sp³-hybridized carbons (Fsp3) is 0.200. The molecule has 8 heteroatoms. The third kappa shape index (κ3) is 5.17. The lowest BCUT2D eigenvalue weighted by Crippen LogP contribution is -2.31. The van der Waals surface area contributed by atoms with Crippen molar-refractivity contribution in [1.29, 1.82) is 0 Å². The number of pyridine rings is 1. The van der Waals surface area contributed by atoms with Gasteiger partial charge in [0, 0.05) is 25.1 Å². The molecule has 0 radical (unpaired) electrons. The molecule has 1 aliphatic carbocycles. The van der Waals surface area contributed by atoms with Crippen LogP contribution in [0.2, 0.25) is 0 Å². The Morgan fingerprint density at radius 3 is 2.27 bits per heavy atom. The van der Waals surface area contributed by atoms with Gasteiger partial charge in [-0.1, -0.05) is 48.5 Å². The Hall–Kier alpha value is -4.20. The first kappa shape index (κ1) is 22.0. The summed E-state index contributed by atoms with van der Waals surface area (Å²) in [4.78, 5) is 39.2. The number of fused-ring (bicyclic) bond motifs is 3. The molecule has 3 aromatic rings. The lowest BCUT2D eigenvalue weighted by molar-refractivity contribution is -0.121. The Morgan fingerprint density at radius 1 is 0.939 bits per heavy atom. The van der Waals surface area contributed by atoms with Crippen molar-refractivity contribution in [2.45, 2.75) is 18.9 Å². The molecule has 8 nitrogen and oxygen atoms in total. The number of alkyl carbamates (subject to hydrolysis) is 1. The summed E-state index contributed by atoms with van der Waals surface area (Å²) in [5, 5.41) is 14.2. The predicted molar refractivity (Wildman–Crippen MR) is 121 cm³/mol. The third-order valence-electron chi connectivity index (χ3n) is 5.50. The van der Waals surface area contributed by atoms with Gasteiger partial charge in [-0.25, -0.2) is 9.59 Å². The zero-order chi connectivity index (χ0) is 23.2. The van der Waals surface area contributed by atoms with Crippen LogP contribution >= 0.6 is 0 Å². The third-order valence-corrected chi connectivity index (χ3v) is 5.50. The quantitative estimate of drug-likeness (QED) is 0.490. The predicted octanol–water partition coefficient (Wildman–Crippen LogP) is 3.32. The highest BCUT2D eigenvalue weighted by Gasteiger charge is 2.28. The molecule has 3 N–H and O–H groups in total. The lowest BCUT2D eigenvalue weighted by atomic mass is 9.98. The number of rotatable bonds is 8. The molecule has 2 amide bonds. The number of benzene rings is 2. The van der Waals surface area contributed by atoms with Gasteiger partial charge in [0.05, 0.1) is 17.8 Å². The molecule has 33 heavy (non-hydrogen) atoms.